The number of fused-ring (bicyclic) bond motifs is 1. The van der Waals surface area contributed by atoms with Gasteiger partial charge in [-0.05, 0) is 42.5 Å². The van der Waals surface area contributed by atoms with E-state index in [0.717, 1.165) is 29.3 Å². The summed E-state index contributed by atoms with van der Waals surface area (Å²) in [4.78, 5) is 12.1. The molecule has 0 saturated carbocycles. The number of halogens is 2. The molecule has 4 heteroatoms. The van der Waals surface area contributed by atoms with Gasteiger partial charge in [0, 0.05) is 21.3 Å². The van der Waals surface area contributed by atoms with Crippen molar-refractivity contribution in [3.05, 3.63) is 67.0 Å². The van der Waals surface area contributed by atoms with Crippen molar-refractivity contribution in [1.82, 2.24) is 4.57 Å². The number of nitrogens with zero attached hydrogens (tertiary/aromatic N) is 1. The Morgan fingerprint density at radius 1 is 1.21 bits per heavy atom. The van der Waals surface area contributed by atoms with Gasteiger partial charge in [-0.3, -0.25) is 4.79 Å². The number of benzene rings is 1. The molecule has 1 heterocycles. The maximum absolute atomic E-state index is 12.1. The molecule has 0 atom stereocenters. The lowest BCUT2D eigenvalue weighted by Crippen LogP contribution is -2.23. The van der Waals surface area contributed by atoms with E-state index in [1.54, 1.807) is 6.07 Å². The lowest BCUT2D eigenvalue weighted by Gasteiger charge is -2.13. The van der Waals surface area contributed by atoms with Crippen LogP contribution in [0.15, 0.2) is 39.6 Å². The van der Waals surface area contributed by atoms with E-state index in [0.29, 0.717) is 11.6 Å². The first-order valence-electron chi connectivity index (χ1n) is 6.30. The molecular weight excluding hydrogens is 326 g/mol. The predicted octanol–water partition coefficient (Wildman–Crippen LogP) is 3.80. The van der Waals surface area contributed by atoms with Crippen LogP contribution in [0.5, 0.6) is 0 Å². The number of aromatic nitrogens is 1. The minimum absolute atomic E-state index is 0.0552. The molecule has 1 aromatic carbocycles. The van der Waals surface area contributed by atoms with E-state index in [4.69, 9.17) is 11.6 Å². The standard InChI is InChI=1S/C15H13BrClNO/c16-12-6-4-11(13(17)8-12)9-18-14-3-1-2-10(14)5-7-15(18)19/h4-8H,1-3,9H2. The molecule has 1 aliphatic rings. The minimum Gasteiger partial charge on any atom is -0.308 e. The second kappa shape index (κ2) is 5.14. The predicted molar refractivity (Wildman–Crippen MR) is 81.0 cm³/mol. The molecule has 0 bridgehead atoms. The molecule has 3 rings (SSSR count). The van der Waals surface area contributed by atoms with Crippen LogP contribution in [0.4, 0.5) is 0 Å². The molecular formula is C15H13BrClNO. The molecule has 19 heavy (non-hydrogen) atoms. The molecule has 0 unspecified atom stereocenters. The van der Waals surface area contributed by atoms with E-state index in [1.807, 2.05) is 28.8 Å². The summed E-state index contributed by atoms with van der Waals surface area (Å²) in [5, 5.41) is 0.692. The van der Waals surface area contributed by atoms with Gasteiger partial charge < -0.3 is 4.57 Å². The third kappa shape index (κ3) is 2.49. The van der Waals surface area contributed by atoms with Gasteiger partial charge >= 0.3 is 0 Å². The maximum atomic E-state index is 12.1. The highest BCUT2D eigenvalue weighted by atomic mass is 79.9. The molecule has 0 spiro atoms. The Balaban J connectivity index is 2.04. The van der Waals surface area contributed by atoms with Gasteiger partial charge in [-0.2, -0.15) is 0 Å². The molecule has 2 aromatic rings. The van der Waals surface area contributed by atoms with Gasteiger partial charge in [-0.15, -0.1) is 0 Å². The highest BCUT2D eigenvalue weighted by molar-refractivity contribution is 9.10. The van der Waals surface area contributed by atoms with Crippen LogP contribution in [0, 0.1) is 0 Å². The van der Waals surface area contributed by atoms with E-state index < -0.39 is 0 Å². The van der Waals surface area contributed by atoms with E-state index in [-0.39, 0.29) is 5.56 Å². The average molecular weight is 339 g/mol. The lowest BCUT2D eigenvalue weighted by molar-refractivity contribution is 0.707. The summed E-state index contributed by atoms with van der Waals surface area (Å²) in [6.45, 7) is 0.550. The molecule has 0 fully saturated rings. The molecule has 0 amide bonds. The Labute approximate surface area is 125 Å². The Morgan fingerprint density at radius 2 is 2.05 bits per heavy atom. The van der Waals surface area contributed by atoms with Gasteiger partial charge in [-0.25, -0.2) is 0 Å². The van der Waals surface area contributed by atoms with E-state index in [9.17, 15) is 4.79 Å². The zero-order valence-corrected chi connectivity index (χ0v) is 12.7. The smallest absolute Gasteiger partial charge is 0.251 e. The topological polar surface area (TPSA) is 22.0 Å². The summed E-state index contributed by atoms with van der Waals surface area (Å²) in [7, 11) is 0. The van der Waals surface area contributed by atoms with Crippen LogP contribution in [-0.2, 0) is 19.4 Å². The van der Waals surface area contributed by atoms with Crippen molar-refractivity contribution in [3.8, 4) is 0 Å². The first kappa shape index (κ1) is 12.9. The monoisotopic (exact) mass is 337 g/mol. The molecule has 0 saturated heterocycles. The number of pyridine rings is 1. The highest BCUT2D eigenvalue weighted by Crippen LogP contribution is 2.24. The quantitative estimate of drug-likeness (QED) is 0.816. The van der Waals surface area contributed by atoms with Crippen molar-refractivity contribution in [2.75, 3.05) is 0 Å². The van der Waals surface area contributed by atoms with Crippen LogP contribution < -0.4 is 5.56 Å². The fourth-order valence-corrected chi connectivity index (χ4v) is 3.36. The number of hydrogen-bond acceptors (Lipinski definition) is 1. The Bertz CT molecular complexity index is 693. The zero-order valence-electron chi connectivity index (χ0n) is 10.3. The highest BCUT2D eigenvalue weighted by Gasteiger charge is 2.16. The lowest BCUT2D eigenvalue weighted by atomic mass is 10.2. The van der Waals surface area contributed by atoms with Crippen molar-refractivity contribution < 1.29 is 0 Å². The maximum Gasteiger partial charge on any atom is 0.251 e. The second-order valence-electron chi connectivity index (χ2n) is 4.82. The molecule has 0 aliphatic heterocycles. The molecule has 1 aromatic heterocycles. The number of aryl methyl sites for hydroxylation is 1. The average Bonchev–Trinajstić information content (AvgIpc) is 2.84. The number of hydrogen-bond donors (Lipinski definition) is 0. The van der Waals surface area contributed by atoms with Crippen LogP contribution >= 0.6 is 27.5 Å². The fourth-order valence-electron chi connectivity index (χ4n) is 2.63. The second-order valence-corrected chi connectivity index (χ2v) is 6.14. The molecule has 2 nitrogen and oxygen atoms in total. The zero-order chi connectivity index (χ0) is 13.4. The van der Waals surface area contributed by atoms with Crippen LogP contribution in [0.2, 0.25) is 5.02 Å². The summed E-state index contributed by atoms with van der Waals surface area (Å²) < 4.78 is 2.81. The normalized spacial score (nSPS) is 13.6. The first-order valence-corrected chi connectivity index (χ1v) is 7.48. The van der Waals surface area contributed by atoms with Gasteiger partial charge in [0.2, 0.25) is 0 Å². The van der Waals surface area contributed by atoms with E-state index in [2.05, 4.69) is 15.9 Å². The van der Waals surface area contributed by atoms with Crippen molar-refractivity contribution in [3.63, 3.8) is 0 Å². The van der Waals surface area contributed by atoms with Crippen LogP contribution in [0.25, 0.3) is 0 Å². The van der Waals surface area contributed by atoms with Crippen LogP contribution in [0.1, 0.15) is 23.2 Å². The fraction of sp³-hybridized carbons (Fsp3) is 0.267. The van der Waals surface area contributed by atoms with Gasteiger partial charge in [0.05, 0.1) is 6.54 Å². The first-order chi connectivity index (χ1) is 9.15. The third-order valence-electron chi connectivity index (χ3n) is 3.59. The van der Waals surface area contributed by atoms with Gasteiger partial charge in [-0.1, -0.05) is 39.7 Å². The summed E-state index contributed by atoms with van der Waals surface area (Å²) >= 11 is 9.63. The molecule has 0 N–H and O–H groups in total. The van der Waals surface area contributed by atoms with Crippen molar-refractivity contribution in [2.24, 2.45) is 0 Å². The van der Waals surface area contributed by atoms with Crippen LogP contribution in [0.3, 0.4) is 0 Å². The van der Waals surface area contributed by atoms with Crippen LogP contribution in [-0.4, -0.2) is 4.57 Å². The van der Waals surface area contributed by atoms with Gasteiger partial charge in [0.1, 0.15) is 0 Å². The molecule has 1 aliphatic carbocycles. The Kier molecular flexibility index (Phi) is 3.50. The minimum atomic E-state index is 0.0552. The van der Waals surface area contributed by atoms with Crippen molar-refractivity contribution in [1.29, 1.82) is 0 Å². The van der Waals surface area contributed by atoms with Gasteiger partial charge in [0.25, 0.3) is 5.56 Å². The molecule has 0 radical (unpaired) electrons. The van der Waals surface area contributed by atoms with E-state index in [1.165, 1.54) is 11.3 Å². The summed E-state index contributed by atoms with van der Waals surface area (Å²) in [5.74, 6) is 0. The summed E-state index contributed by atoms with van der Waals surface area (Å²) in [6.07, 6.45) is 3.19. The largest absolute Gasteiger partial charge is 0.308 e. The SMILES string of the molecule is O=c1ccc2c(n1Cc1ccc(Br)cc1Cl)CCC2. The van der Waals surface area contributed by atoms with E-state index >= 15 is 0 Å². The van der Waals surface area contributed by atoms with Crippen molar-refractivity contribution in [2.45, 2.75) is 25.8 Å². The summed E-state index contributed by atoms with van der Waals surface area (Å²) in [5.41, 5.74) is 3.51. The van der Waals surface area contributed by atoms with Gasteiger partial charge in [0.15, 0.2) is 0 Å². The van der Waals surface area contributed by atoms with Crippen molar-refractivity contribution >= 4 is 27.5 Å². The third-order valence-corrected chi connectivity index (χ3v) is 4.44. The summed E-state index contributed by atoms with van der Waals surface area (Å²) in [6, 6.07) is 9.41. The molecule has 98 valence electrons. The number of rotatable bonds is 2. The Hall–Kier alpha value is -1.06. The Morgan fingerprint density at radius 3 is 2.84 bits per heavy atom.